The van der Waals surface area contributed by atoms with E-state index in [1.165, 1.54) is 0 Å². The summed E-state index contributed by atoms with van der Waals surface area (Å²) in [5.74, 6) is 1.61. The molecule has 102 valence electrons. The number of para-hydroxylation sites is 1. The molecule has 0 aliphatic carbocycles. The number of methoxy groups -OCH3 is 1. The molecule has 5 nitrogen and oxygen atoms in total. The van der Waals surface area contributed by atoms with Crippen LogP contribution in [0, 0.1) is 6.92 Å². The average molecular weight is 279 g/mol. The fourth-order valence-corrected chi connectivity index (χ4v) is 2.80. The van der Waals surface area contributed by atoms with Crippen molar-refractivity contribution in [3.05, 3.63) is 23.8 Å². The molecule has 0 radical (unpaired) electrons. The number of hydrogen-bond acceptors (Lipinski definition) is 3. The van der Waals surface area contributed by atoms with Crippen molar-refractivity contribution in [3.8, 4) is 5.75 Å². The highest BCUT2D eigenvalue weighted by Gasteiger charge is 2.17. The maximum atomic E-state index is 11.9. The molecule has 1 heterocycles. The van der Waals surface area contributed by atoms with Crippen LogP contribution in [0.1, 0.15) is 5.56 Å². The third-order valence-electron chi connectivity index (χ3n) is 2.87. The molecule has 2 rings (SSSR count). The number of hydrogen-bond donors (Lipinski definition) is 1. The van der Waals surface area contributed by atoms with Crippen LogP contribution in [0.3, 0.4) is 0 Å². The quantitative estimate of drug-likeness (QED) is 0.904. The van der Waals surface area contributed by atoms with Crippen LogP contribution in [0.25, 0.3) is 0 Å². The van der Waals surface area contributed by atoms with Gasteiger partial charge in [0.1, 0.15) is 5.75 Å². The highest BCUT2D eigenvalue weighted by molar-refractivity contribution is 8.14. The molecule has 1 aliphatic rings. The van der Waals surface area contributed by atoms with E-state index in [1.54, 1.807) is 18.9 Å². The van der Waals surface area contributed by atoms with E-state index in [-0.39, 0.29) is 6.03 Å². The molecule has 1 aromatic rings. The van der Waals surface area contributed by atoms with Crippen molar-refractivity contribution in [3.63, 3.8) is 0 Å². The van der Waals surface area contributed by atoms with E-state index in [9.17, 15) is 4.79 Å². The van der Waals surface area contributed by atoms with E-state index >= 15 is 0 Å². The molecule has 2 amide bonds. The lowest BCUT2D eigenvalue weighted by Crippen LogP contribution is -2.21. The summed E-state index contributed by atoms with van der Waals surface area (Å²) in [6.45, 7) is 2.84. The monoisotopic (exact) mass is 279 g/mol. The summed E-state index contributed by atoms with van der Waals surface area (Å²) < 4.78 is 5.24. The molecule has 1 aliphatic heterocycles. The Morgan fingerprint density at radius 3 is 2.95 bits per heavy atom. The highest BCUT2D eigenvalue weighted by Crippen LogP contribution is 2.28. The second kappa shape index (κ2) is 5.97. The SMILES string of the molecule is COc1cccc(C)c1NC(=O)N=C1SCCN1C. The van der Waals surface area contributed by atoms with Crippen molar-refractivity contribution in [1.29, 1.82) is 0 Å². The van der Waals surface area contributed by atoms with E-state index in [4.69, 9.17) is 4.74 Å². The van der Waals surface area contributed by atoms with Crippen LogP contribution in [0.5, 0.6) is 5.75 Å². The molecule has 1 aromatic carbocycles. The van der Waals surface area contributed by atoms with E-state index in [1.807, 2.05) is 37.1 Å². The topological polar surface area (TPSA) is 53.9 Å². The smallest absolute Gasteiger partial charge is 0.347 e. The molecular weight excluding hydrogens is 262 g/mol. The highest BCUT2D eigenvalue weighted by atomic mass is 32.2. The first-order valence-electron chi connectivity index (χ1n) is 5.99. The average Bonchev–Trinajstić information content (AvgIpc) is 2.77. The Kier molecular flexibility index (Phi) is 4.31. The lowest BCUT2D eigenvalue weighted by atomic mass is 10.2. The molecule has 0 unspecified atom stereocenters. The summed E-state index contributed by atoms with van der Waals surface area (Å²) in [5.41, 5.74) is 1.62. The van der Waals surface area contributed by atoms with E-state index in [2.05, 4.69) is 10.3 Å². The maximum Gasteiger partial charge on any atom is 0.347 e. The van der Waals surface area contributed by atoms with E-state index in [0.29, 0.717) is 11.4 Å². The Bertz CT molecular complexity index is 517. The first kappa shape index (κ1) is 13.7. The third-order valence-corrected chi connectivity index (χ3v) is 3.92. The van der Waals surface area contributed by atoms with Crippen molar-refractivity contribution in [1.82, 2.24) is 4.90 Å². The number of benzene rings is 1. The molecule has 1 saturated heterocycles. The van der Waals surface area contributed by atoms with Gasteiger partial charge in [0.2, 0.25) is 0 Å². The minimum Gasteiger partial charge on any atom is -0.495 e. The molecule has 0 saturated carbocycles. The van der Waals surface area contributed by atoms with Crippen LogP contribution in [-0.2, 0) is 0 Å². The second-order valence-corrected chi connectivity index (χ2v) is 5.31. The number of aliphatic imine (C=N–C) groups is 1. The van der Waals surface area contributed by atoms with Gasteiger partial charge in [0.05, 0.1) is 12.8 Å². The number of aryl methyl sites for hydroxylation is 1. The van der Waals surface area contributed by atoms with Gasteiger partial charge in [0.25, 0.3) is 0 Å². The van der Waals surface area contributed by atoms with Gasteiger partial charge in [-0.1, -0.05) is 23.9 Å². The fraction of sp³-hybridized carbons (Fsp3) is 0.385. The Morgan fingerprint density at radius 2 is 2.32 bits per heavy atom. The second-order valence-electron chi connectivity index (χ2n) is 4.25. The Labute approximate surface area is 117 Å². The summed E-state index contributed by atoms with van der Waals surface area (Å²) in [6, 6.07) is 5.24. The predicted molar refractivity (Wildman–Crippen MR) is 79.3 cm³/mol. The first-order chi connectivity index (χ1) is 9.11. The van der Waals surface area contributed by atoms with Gasteiger partial charge in [-0.15, -0.1) is 0 Å². The van der Waals surface area contributed by atoms with Gasteiger partial charge in [0, 0.05) is 19.3 Å². The number of amidine groups is 1. The van der Waals surface area contributed by atoms with Crippen molar-refractivity contribution < 1.29 is 9.53 Å². The number of amides is 2. The number of carbonyl (C=O) groups excluding carboxylic acids is 1. The van der Waals surface area contributed by atoms with Gasteiger partial charge in [-0.2, -0.15) is 4.99 Å². The zero-order valence-corrected chi connectivity index (χ0v) is 12.1. The van der Waals surface area contributed by atoms with Gasteiger partial charge in [-0.25, -0.2) is 4.79 Å². The zero-order chi connectivity index (χ0) is 13.8. The summed E-state index contributed by atoms with van der Waals surface area (Å²) >= 11 is 1.59. The lowest BCUT2D eigenvalue weighted by Gasteiger charge is -2.12. The Hall–Kier alpha value is -1.69. The van der Waals surface area contributed by atoms with Crippen molar-refractivity contribution in [2.75, 3.05) is 31.8 Å². The molecule has 0 spiro atoms. The van der Waals surface area contributed by atoms with Crippen molar-refractivity contribution >= 4 is 28.6 Å². The van der Waals surface area contributed by atoms with Crippen molar-refractivity contribution in [2.24, 2.45) is 4.99 Å². The maximum absolute atomic E-state index is 11.9. The number of anilines is 1. The third kappa shape index (κ3) is 3.20. The number of nitrogens with one attached hydrogen (secondary N) is 1. The molecule has 0 atom stereocenters. The minimum absolute atomic E-state index is 0.371. The molecule has 19 heavy (non-hydrogen) atoms. The van der Waals surface area contributed by atoms with E-state index < -0.39 is 0 Å². The normalized spacial score (nSPS) is 16.8. The molecular formula is C13H17N3O2S. The number of nitrogens with zero attached hydrogens (tertiary/aromatic N) is 2. The zero-order valence-electron chi connectivity index (χ0n) is 11.3. The van der Waals surface area contributed by atoms with E-state index in [0.717, 1.165) is 23.0 Å². The van der Waals surface area contributed by atoms with Crippen LogP contribution < -0.4 is 10.1 Å². The summed E-state index contributed by atoms with van der Waals surface area (Å²) in [4.78, 5) is 18.0. The van der Waals surface area contributed by atoms with Gasteiger partial charge < -0.3 is 15.0 Å². The van der Waals surface area contributed by atoms with Crippen molar-refractivity contribution in [2.45, 2.75) is 6.92 Å². The first-order valence-corrected chi connectivity index (χ1v) is 6.97. The molecule has 0 bridgehead atoms. The lowest BCUT2D eigenvalue weighted by molar-refractivity contribution is 0.259. The number of carbonyl (C=O) groups is 1. The summed E-state index contributed by atoms with van der Waals surface area (Å²) in [7, 11) is 3.51. The number of ether oxygens (including phenoxy) is 1. The Morgan fingerprint density at radius 1 is 1.53 bits per heavy atom. The van der Waals surface area contributed by atoms with Crippen LogP contribution in [-0.4, -0.2) is 42.6 Å². The predicted octanol–water partition coefficient (Wildman–Crippen LogP) is 2.57. The minimum atomic E-state index is -0.371. The van der Waals surface area contributed by atoms with Gasteiger partial charge in [-0.05, 0) is 18.6 Å². The standard InChI is InChI=1S/C13H17N3O2S/c1-9-5-4-6-10(18-3)11(9)14-12(17)15-13-16(2)7-8-19-13/h4-6H,7-8H2,1-3H3,(H,14,17). The Balaban J connectivity index is 2.15. The van der Waals surface area contributed by atoms with Gasteiger partial charge in [-0.3, -0.25) is 0 Å². The molecule has 1 fully saturated rings. The van der Waals surface area contributed by atoms with Crippen LogP contribution >= 0.6 is 11.8 Å². The number of rotatable bonds is 2. The van der Waals surface area contributed by atoms with Gasteiger partial charge in [0.15, 0.2) is 5.17 Å². The summed E-state index contributed by atoms with van der Waals surface area (Å²) in [5, 5.41) is 3.54. The van der Waals surface area contributed by atoms with Crippen LogP contribution in [0.2, 0.25) is 0 Å². The van der Waals surface area contributed by atoms with Gasteiger partial charge >= 0.3 is 6.03 Å². The molecule has 6 heteroatoms. The summed E-state index contributed by atoms with van der Waals surface area (Å²) in [6.07, 6.45) is 0. The van der Waals surface area contributed by atoms with Crippen LogP contribution in [0.4, 0.5) is 10.5 Å². The van der Waals surface area contributed by atoms with Crippen LogP contribution in [0.15, 0.2) is 23.2 Å². The number of thioether (sulfide) groups is 1. The largest absolute Gasteiger partial charge is 0.495 e. The molecule has 0 aromatic heterocycles. The number of urea groups is 1. The molecule has 1 N–H and O–H groups in total. The fourth-order valence-electron chi connectivity index (χ4n) is 1.79.